The average Bonchev–Trinajstić information content (AvgIpc) is 3.06. The zero-order valence-corrected chi connectivity index (χ0v) is 23.0. The van der Waals surface area contributed by atoms with Crippen LogP contribution < -0.4 is 16.0 Å². The van der Waals surface area contributed by atoms with Crippen molar-refractivity contribution in [2.75, 3.05) is 4.90 Å². The predicted octanol–water partition coefficient (Wildman–Crippen LogP) is 4.85. The quantitative estimate of drug-likeness (QED) is 0.342. The van der Waals surface area contributed by atoms with Crippen molar-refractivity contribution in [2.24, 2.45) is 28.5 Å². The topological polar surface area (TPSA) is 105 Å². The van der Waals surface area contributed by atoms with Crippen LogP contribution in [0.4, 0.5) is 5.69 Å². The number of benzodiazepines with no additional fused rings is 1. The number of nitrogens with zero attached hydrogens (tertiary/aromatic N) is 2. The van der Waals surface area contributed by atoms with Crippen LogP contribution in [0, 0.1) is 17.8 Å². The van der Waals surface area contributed by atoms with Gasteiger partial charge in [-0.15, -0.1) is 6.58 Å². The first-order valence-electron chi connectivity index (χ1n) is 13.6. The van der Waals surface area contributed by atoms with E-state index in [4.69, 9.17) is 10.7 Å². The number of anilines is 1. The number of primary amides is 1. The molecule has 7 nitrogen and oxygen atoms in total. The van der Waals surface area contributed by atoms with Crippen LogP contribution in [0.1, 0.15) is 43.4 Å². The molecule has 0 saturated heterocycles. The van der Waals surface area contributed by atoms with Gasteiger partial charge in [0.25, 0.3) is 5.91 Å². The Balaban J connectivity index is 1.80. The molecule has 3 amide bonds. The maximum atomic E-state index is 14.2. The monoisotopic (exact) mass is 536 g/mol. The van der Waals surface area contributed by atoms with Crippen LogP contribution in [0.2, 0.25) is 0 Å². The highest BCUT2D eigenvalue weighted by Crippen LogP contribution is 2.30. The Bertz CT molecular complexity index is 1390. The van der Waals surface area contributed by atoms with Crippen molar-refractivity contribution in [1.82, 2.24) is 5.32 Å². The van der Waals surface area contributed by atoms with Crippen LogP contribution >= 0.6 is 0 Å². The number of amides is 3. The van der Waals surface area contributed by atoms with Crippen LogP contribution in [-0.4, -0.2) is 29.6 Å². The van der Waals surface area contributed by atoms with Gasteiger partial charge in [-0.25, -0.2) is 4.99 Å². The van der Waals surface area contributed by atoms with Gasteiger partial charge in [0.15, 0.2) is 0 Å². The largest absolute Gasteiger partial charge is 0.369 e. The molecule has 1 aliphatic heterocycles. The smallest absolute Gasteiger partial charge is 0.272 e. The molecule has 1 heterocycles. The van der Waals surface area contributed by atoms with E-state index in [-0.39, 0.29) is 18.2 Å². The molecule has 40 heavy (non-hydrogen) atoms. The number of benzene rings is 3. The highest BCUT2D eigenvalue weighted by atomic mass is 16.2. The number of aliphatic imine (C=N–C) groups is 1. The van der Waals surface area contributed by atoms with E-state index in [0.29, 0.717) is 24.4 Å². The number of para-hydroxylation sites is 1. The molecule has 206 valence electrons. The summed E-state index contributed by atoms with van der Waals surface area (Å²) in [5.74, 6) is -2.71. The molecular weight excluding hydrogens is 500 g/mol. The normalized spacial score (nSPS) is 16.4. The Kier molecular flexibility index (Phi) is 9.27. The molecule has 0 bridgehead atoms. The summed E-state index contributed by atoms with van der Waals surface area (Å²) in [6, 6.07) is 26.9. The van der Waals surface area contributed by atoms with Gasteiger partial charge in [-0.1, -0.05) is 98.8 Å². The Labute approximate surface area is 235 Å². The molecule has 4 rings (SSSR count). The molecule has 1 unspecified atom stereocenters. The molecule has 1 aliphatic rings. The van der Waals surface area contributed by atoms with Crippen LogP contribution in [-0.2, 0) is 20.9 Å². The molecule has 3 N–H and O–H groups in total. The number of carbonyl (C=O) groups is 3. The summed E-state index contributed by atoms with van der Waals surface area (Å²) in [4.78, 5) is 46.9. The average molecular weight is 537 g/mol. The molecular formula is C33H36N4O3. The molecule has 0 saturated carbocycles. The molecule has 0 fully saturated rings. The minimum absolute atomic E-state index is 0.120. The van der Waals surface area contributed by atoms with Crippen molar-refractivity contribution >= 4 is 29.1 Å². The van der Waals surface area contributed by atoms with Gasteiger partial charge in [-0.05, 0) is 30.4 Å². The van der Waals surface area contributed by atoms with E-state index >= 15 is 0 Å². The number of rotatable bonds is 11. The van der Waals surface area contributed by atoms with Crippen molar-refractivity contribution in [2.45, 2.75) is 39.4 Å². The number of carbonyl (C=O) groups excluding carboxylic acids is 3. The number of hydrogen-bond donors (Lipinski definition) is 2. The Morgan fingerprint density at radius 3 is 2.23 bits per heavy atom. The molecule has 0 radical (unpaired) electrons. The highest BCUT2D eigenvalue weighted by molar-refractivity contribution is 6.20. The fourth-order valence-electron chi connectivity index (χ4n) is 5.14. The molecule has 0 spiro atoms. The summed E-state index contributed by atoms with van der Waals surface area (Å²) in [6.45, 7) is 8.00. The molecule has 0 aliphatic carbocycles. The molecule has 3 aromatic carbocycles. The van der Waals surface area contributed by atoms with Gasteiger partial charge in [-0.2, -0.15) is 0 Å². The van der Waals surface area contributed by atoms with Gasteiger partial charge < -0.3 is 16.0 Å². The third-order valence-corrected chi connectivity index (χ3v) is 7.05. The summed E-state index contributed by atoms with van der Waals surface area (Å²) in [6.07, 6.45) is 1.09. The van der Waals surface area contributed by atoms with Crippen LogP contribution in [0.3, 0.4) is 0 Å². The fourth-order valence-corrected chi connectivity index (χ4v) is 5.14. The summed E-state index contributed by atoms with van der Waals surface area (Å²) in [7, 11) is 0. The maximum Gasteiger partial charge on any atom is 0.272 e. The van der Waals surface area contributed by atoms with E-state index in [1.165, 1.54) is 0 Å². The van der Waals surface area contributed by atoms with Gasteiger partial charge in [0, 0.05) is 11.1 Å². The van der Waals surface area contributed by atoms with Gasteiger partial charge in [-0.3, -0.25) is 14.4 Å². The fraction of sp³-hybridized carbons (Fsp3) is 0.273. The summed E-state index contributed by atoms with van der Waals surface area (Å²) >= 11 is 0. The van der Waals surface area contributed by atoms with E-state index in [1.807, 2.05) is 98.8 Å². The molecule has 3 aromatic rings. The first-order valence-corrected chi connectivity index (χ1v) is 13.6. The second kappa shape index (κ2) is 13.0. The predicted molar refractivity (Wildman–Crippen MR) is 159 cm³/mol. The first-order chi connectivity index (χ1) is 19.3. The van der Waals surface area contributed by atoms with Crippen molar-refractivity contribution in [1.29, 1.82) is 0 Å². The zero-order chi connectivity index (χ0) is 28.6. The lowest BCUT2D eigenvalue weighted by molar-refractivity contribution is -0.135. The van der Waals surface area contributed by atoms with E-state index in [1.54, 1.807) is 11.0 Å². The highest BCUT2D eigenvalue weighted by Gasteiger charge is 2.37. The lowest BCUT2D eigenvalue weighted by Crippen LogP contribution is -2.50. The van der Waals surface area contributed by atoms with Crippen molar-refractivity contribution in [3.8, 4) is 0 Å². The van der Waals surface area contributed by atoms with Crippen LogP contribution in [0.5, 0.6) is 0 Å². The van der Waals surface area contributed by atoms with E-state index in [9.17, 15) is 14.4 Å². The van der Waals surface area contributed by atoms with Crippen molar-refractivity contribution < 1.29 is 14.4 Å². The van der Waals surface area contributed by atoms with Gasteiger partial charge >= 0.3 is 0 Å². The Morgan fingerprint density at radius 1 is 0.975 bits per heavy atom. The van der Waals surface area contributed by atoms with Gasteiger partial charge in [0.2, 0.25) is 18.0 Å². The summed E-state index contributed by atoms with van der Waals surface area (Å²) in [5.41, 5.74) is 9.57. The second-order valence-electron chi connectivity index (χ2n) is 10.5. The van der Waals surface area contributed by atoms with Crippen molar-refractivity contribution in [3.63, 3.8) is 0 Å². The third kappa shape index (κ3) is 6.54. The molecule has 3 atom stereocenters. The SMILES string of the molecule is C=CC[C@H](C(N)=O)[C@@H](CC(C)C)C(=O)NC1N=C(c2ccccc2)c2ccccc2N(Cc2ccccc2)C1=O. The summed E-state index contributed by atoms with van der Waals surface area (Å²) < 4.78 is 0. The zero-order valence-electron chi connectivity index (χ0n) is 23.0. The first kappa shape index (κ1) is 28.5. The Morgan fingerprint density at radius 2 is 1.60 bits per heavy atom. The maximum absolute atomic E-state index is 14.2. The second-order valence-corrected chi connectivity index (χ2v) is 10.5. The van der Waals surface area contributed by atoms with Crippen LogP contribution in [0.15, 0.2) is 103 Å². The number of nitrogens with one attached hydrogen (secondary N) is 1. The summed E-state index contributed by atoms with van der Waals surface area (Å²) in [5, 5.41) is 2.90. The third-order valence-electron chi connectivity index (χ3n) is 7.05. The number of nitrogens with two attached hydrogens (primary N) is 1. The van der Waals surface area contributed by atoms with Gasteiger partial charge in [0.05, 0.1) is 29.8 Å². The van der Waals surface area contributed by atoms with E-state index in [0.717, 1.165) is 16.7 Å². The number of allylic oxidation sites excluding steroid dienone is 1. The Hall–Kier alpha value is -4.52. The van der Waals surface area contributed by atoms with Crippen LogP contribution in [0.25, 0.3) is 0 Å². The van der Waals surface area contributed by atoms with Crippen molar-refractivity contribution in [3.05, 3.63) is 114 Å². The lowest BCUT2D eigenvalue weighted by atomic mass is 9.82. The number of hydrogen-bond acceptors (Lipinski definition) is 4. The standard InChI is InChI=1S/C33H36N4O3/c1-4-13-25(30(34)38)27(20-22(2)3)32(39)36-31-33(40)37(21-23-14-7-5-8-15-23)28-19-12-11-18-26(28)29(35-31)24-16-9-6-10-17-24/h4-12,14-19,22,25,27,31H,1,13,20-21H2,2-3H3,(H2,34,38)(H,36,39)/t25-,27+,31?/m0/s1. The van der Waals surface area contributed by atoms with E-state index < -0.39 is 29.8 Å². The minimum Gasteiger partial charge on any atom is -0.369 e. The molecule has 0 aromatic heterocycles. The van der Waals surface area contributed by atoms with E-state index in [2.05, 4.69) is 11.9 Å². The minimum atomic E-state index is -1.20. The van der Waals surface area contributed by atoms with Gasteiger partial charge in [0.1, 0.15) is 0 Å². The number of fused-ring (bicyclic) bond motifs is 1. The lowest BCUT2D eigenvalue weighted by Gasteiger charge is -2.28. The molecule has 7 heteroatoms.